The Kier molecular flexibility index (Phi) is 26.1. The van der Waals surface area contributed by atoms with Gasteiger partial charge in [0.15, 0.2) is 25.2 Å². The number of hydrogen-bond acceptors (Lipinski definition) is 37. The zero-order valence-corrected chi connectivity index (χ0v) is 56.0. The fourth-order valence-corrected chi connectivity index (χ4v) is 15.2. The Labute approximate surface area is 587 Å². The SMILES string of the molecule is C=C[C@H]1[C@H](O[C@@H]2O[C@H](CO)[C@@H](O)[C@H](O)[C@H]2O)OC=C(C(=O)OC2C[C@@H]3C(C(=O)OC)=CO[C@@H](O[C@@H]4O[C@H](CO)[C@@H](O)[C@H](O)[C@H]4O)[C@@H]3[C@H]2C)[C@H]1C/C=C(\C=O)[C@@H]1C(C(=O)OC2C[C@@H]3C(C(=O)OC)=CO[C@@H](O[C@@H]4O[C@H](CO)[C@@H](O)[C@H](O)[C@H]4O)[C@@H]3[C@H]2C)=CO[C@@H](O[C@@H]2O[C@H](CO)[C@@H](O)[C@H](O)[C@H]2O)[C@@H]1C=C. The van der Waals surface area contributed by atoms with Crippen LogP contribution >= 0.6 is 0 Å². The fraction of sp³-hybridized carbons (Fsp3) is 0.712. The quantitative estimate of drug-likeness (QED) is 0.0140. The summed E-state index contributed by atoms with van der Waals surface area (Å²) < 4.78 is 93.4. The number of esters is 4. The highest BCUT2D eigenvalue weighted by Gasteiger charge is 2.59. The van der Waals surface area contributed by atoms with E-state index in [4.69, 9.17) is 75.8 Å². The molecular weight excluding hydrogens is 1380 g/mol. The van der Waals surface area contributed by atoms with Gasteiger partial charge in [-0.3, -0.25) is 4.79 Å². The van der Waals surface area contributed by atoms with Gasteiger partial charge in [-0.15, -0.1) is 13.2 Å². The van der Waals surface area contributed by atoms with Gasteiger partial charge in [-0.25, -0.2) is 19.2 Å². The molecule has 0 amide bonds. The number of aliphatic hydroxyl groups is 16. The molecule has 2 aliphatic carbocycles. The highest BCUT2D eigenvalue weighted by Crippen LogP contribution is 2.52. The third kappa shape index (κ3) is 15.6. The van der Waals surface area contributed by atoms with Crippen LogP contribution in [0.25, 0.3) is 0 Å². The van der Waals surface area contributed by atoms with Crippen LogP contribution in [0.4, 0.5) is 0 Å². The Morgan fingerprint density at radius 1 is 0.437 bits per heavy atom. The summed E-state index contributed by atoms with van der Waals surface area (Å²) in [6.07, 6.45) is -37.1. The number of rotatable bonds is 24. The number of fused-ring (bicyclic) bond motifs is 2. The molecule has 103 heavy (non-hydrogen) atoms. The van der Waals surface area contributed by atoms with E-state index in [1.165, 1.54) is 18.2 Å². The van der Waals surface area contributed by atoms with Crippen LogP contribution in [-0.4, -0.2) is 313 Å². The van der Waals surface area contributed by atoms with Crippen LogP contribution in [0.5, 0.6) is 0 Å². The molecular formula is C66H90O37. The summed E-state index contributed by atoms with van der Waals surface area (Å²) in [6, 6.07) is 0. The first-order chi connectivity index (χ1) is 49.1. The van der Waals surface area contributed by atoms with E-state index in [1.807, 2.05) is 0 Å². The highest BCUT2D eigenvalue weighted by molar-refractivity contribution is 5.93. The number of carbonyl (C=O) groups excluding carboxylic acids is 5. The summed E-state index contributed by atoms with van der Waals surface area (Å²) >= 11 is 0. The van der Waals surface area contributed by atoms with Gasteiger partial charge in [0.25, 0.3) is 0 Å². The second-order valence-electron chi connectivity index (χ2n) is 26.8. The molecule has 0 aromatic carbocycles. The number of allylic oxidation sites excluding steroid dienone is 2. The van der Waals surface area contributed by atoms with Gasteiger partial charge in [0, 0.05) is 53.3 Å². The normalized spacial score (nSPS) is 45.3. The molecule has 10 rings (SSSR count). The van der Waals surface area contributed by atoms with E-state index < -0.39 is 282 Å². The third-order valence-corrected chi connectivity index (χ3v) is 21.2. The van der Waals surface area contributed by atoms with Crippen LogP contribution in [0.2, 0.25) is 0 Å². The molecule has 4 saturated heterocycles. The molecule has 2 saturated carbocycles. The van der Waals surface area contributed by atoms with E-state index in [2.05, 4.69) is 13.2 Å². The van der Waals surface area contributed by atoms with Crippen molar-refractivity contribution in [2.45, 2.75) is 193 Å². The predicted molar refractivity (Wildman–Crippen MR) is 330 cm³/mol. The summed E-state index contributed by atoms with van der Waals surface area (Å²) in [5.74, 6) is -15.1. The van der Waals surface area contributed by atoms with E-state index >= 15 is 9.59 Å². The first kappa shape index (κ1) is 79.5. The lowest BCUT2D eigenvalue weighted by molar-refractivity contribution is -0.342. The van der Waals surface area contributed by atoms with Gasteiger partial charge in [-0.05, 0) is 24.8 Å². The summed E-state index contributed by atoms with van der Waals surface area (Å²) in [6.45, 7) is 7.78. The minimum absolute atomic E-state index is 0.0243. The predicted octanol–water partition coefficient (Wildman–Crippen LogP) is -6.72. The molecule has 0 spiro atoms. The molecule has 0 aromatic heterocycles. The second kappa shape index (κ2) is 33.8. The first-order valence-electron chi connectivity index (χ1n) is 33.4. The Hall–Kier alpha value is -6.03. The van der Waals surface area contributed by atoms with Gasteiger partial charge in [-0.2, -0.15) is 0 Å². The topological polar surface area (TPSA) is 557 Å². The number of methoxy groups -OCH3 is 2. The molecule has 6 fully saturated rings. The monoisotopic (exact) mass is 1470 g/mol. The minimum Gasteiger partial charge on any atom is -0.472 e. The number of aldehydes is 1. The molecule has 0 bridgehead atoms. The smallest absolute Gasteiger partial charge is 0.338 e. The maximum atomic E-state index is 15.3. The fourth-order valence-electron chi connectivity index (χ4n) is 15.2. The summed E-state index contributed by atoms with van der Waals surface area (Å²) in [4.78, 5) is 71.3. The summed E-state index contributed by atoms with van der Waals surface area (Å²) in [5.41, 5.74) is -1.13. The van der Waals surface area contributed by atoms with Gasteiger partial charge >= 0.3 is 23.9 Å². The van der Waals surface area contributed by atoms with Crippen LogP contribution in [0, 0.1) is 59.2 Å². The molecule has 2 unspecified atom stereocenters. The van der Waals surface area contributed by atoms with Crippen LogP contribution in [0.3, 0.4) is 0 Å². The lowest BCUT2D eigenvalue weighted by atomic mass is 9.76. The van der Waals surface area contributed by atoms with Crippen molar-refractivity contribution >= 4 is 30.2 Å². The second-order valence-corrected chi connectivity index (χ2v) is 26.8. The third-order valence-electron chi connectivity index (χ3n) is 21.2. The molecule has 37 heteroatoms. The molecule has 37 nitrogen and oxygen atoms in total. The lowest BCUT2D eigenvalue weighted by Crippen LogP contribution is -2.60. The van der Waals surface area contributed by atoms with Gasteiger partial charge < -0.3 is 157 Å². The molecule has 10 aliphatic rings. The van der Waals surface area contributed by atoms with Crippen molar-refractivity contribution in [1.29, 1.82) is 0 Å². The summed E-state index contributed by atoms with van der Waals surface area (Å²) in [7, 11) is 2.22. The van der Waals surface area contributed by atoms with E-state index in [1.54, 1.807) is 13.8 Å². The van der Waals surface area contributed by atoms with Crippen molar-refractivity contribution in [3.05, 3.63) is 84.3 Å². The number of carbonyl (C=O) groups is 5. The zero-order chi connectivity index (χ0) is 74.9. The van der Waals surface area contributed by atoms with E-state index in [9.17, 15) is 96.1 Å². The number of ether oxygens (including phenoxy) is 16. The average Bonchev–Trinajstić information content (AvgIpc) is 1.67. The van der Waals surface area contributed by atoms with E-state index in [-0.39, 0.29) is 35.1 Å². The van der Waals surface area contributed by atoms with E-state index in [0.29, 0.717) is 6.29 Å². The van der Waals surface area contributed by atoms with Crippen molar-refractivity contribution in [3.8, 4) is 0 Å². The Balaban J connectivity index is 0.986. The zero-order valence-electron chi connectivity index (χ0n) is 56.0. The lowest BCUT2D eigenvalue weighted by Gasteiger charge is -2.43. The highest BCUT2D eigenvalue weighted by atomic mass is 16.8. The molecule has 16 N–H and O–H groups in total. The molecule has 8 aliphatic heterocycles. The standard InChI is InChI=1S/C66H90O37/c1-7-25-27(30(18-90-59(25)100-63-51(80)47(76)43(72)36(14-68)96-63)57(86)94-34-11-28-31(55(84)88-5)19-92-61(40(28)22(34)3)102-65-53(82)49(78)45(74)38(16-70)98-65)10-9-24(13-67)42-26(8-2)60(101-64-52(81)48(77)44(73)37(15-69)97-64)91-21-33(42)58(87)95-35-12-29-32(56(85)89-6)20-93-62(41(29)23(35)4)103-66-54(83)50(79)46(75)39(17-71)99-66/h7-9,13,18-23,25-29,34-54,59-66,68-83H,1-2,10-12,14-17H2,3-6H3/b24-9+/t22-,23-,25+,26+,27-,28+,29+,34?,35?,36+,37+,38+,39+,40+,41+,42-,43+,44+,45+,46+,47-,48-,49-,50-,51+,52+,53+,54+,59-,60-,61-,62-,63-,64-,65-,66-/m0/s1. The van der Waals surface area contributed by atoms with Crippen LogP contribution < -0.4 is 0 Å². The first-order valence-corrected chi connectivity index (χ1v) is 33.4. The van der Waals surface area contributed by atoms with Crippen molar-refractivity contribution in [1.82, 2.24) is 0 Å². The van der Waals surface area contributed by atoms with Crippen LogP contribution in [0.15, 0.2) is 84.3 Å². The van der Waals surface area contributed by atoms with Gasteiger partial charge in [0.2, 0.25) is 25.2 Å². The summed E-state index contributed by atoms with van der Waals surface area (Å²) in [5, 5.41) is 169. The molecule has 8 heterocycles. The van der Waals surface area contributed by atoms with E-state index in [0.717, 1.165) is 39.3 Å². The maximum Gasteiger partial charge on any atom is 0.338 e. The molecule has 576 valence electrons. The van der Waals surface area contributed by atoms with Crippen LogP contribution in [-0.2, 0) is 99.8 Å². The molecule has 0 aromatic rings. The minimum atomic E-state index is -2.02. The molecule has 0 radical (unpaired) electrons. The van der Waals surface area contributed by atoms with Crippen LogP contribution in [0.1, 0.15) is 33.1 Å². The average molecular weight is 1480 g/mol. The van der Waals surface area contributed by atoms with Gasteiger partial charge in [-0.1, -0.05) is 32.1 Å². The van der Waals surface area contributed by atoms with Crippen molar-refractivity contribution in [3.63, 3.8) is 0 Å². The largest absolute Gasteiger partial charge is 0.472 e. The Bertz CT molecular complexity index is 3170. The Morgan fingerprint density at radius 3 is 1.10 bits per heavy atom. The van der Waals surface area contributed by atoms with Gasteiger partial charge in [0.05, 0.1) is 93.9 Å². The number of aliphatic hydroxyl groups excluding tert-OH is 16. The Morgan fingerprint density at radius 2 is 0.757 bits per heavy atom. The van der Waals surface area contributed by atoms with Crippen molar-refractivity contribution < 1.29 is 181 Å². The molecule has 36 atom stereocenters. The number of hydrogen-bond donors (Lipinski definition) is 16. The van der Waals surface area contributed by atoms with Crippen molar-refractivity contribution in [2.75, 3.05) is 40.6 Å². The van der Waals surface area contributed by atoms with Crippen molar-refractivity contribution in [2.24, 2.45) is 59.2 Å². The maximum absolute atomic E-state index is 15.3. The van der Waals surface area contributed by atoms with Gasteiger partial charge in [0.1, 0.15) is 116 Å².